The second kappa shape index (κ2) is 25.1. The molecule has 0 aliphatic carbocycles. The van der Waals surface area contributed by atoms with E-state index in [1.165, 1.54) is 24.3 Å². The summed E-state index contributed by atoms with van der Waals surface area (Å²) in [6.07, 6.45) is 8.22. The van der Waals surface area contributed by atoms with Crippen molar-refractivity contribution in [1.29, 1.82) is 0 Å². The van der Waals surface area contributed by atoms with Crippen LogP contribution < -0.4 is 29.3 Å². The molecule has 10 atom stereocenters. The summed E-state index contributed by atoms with van der Waals surface area (Å²) in [5.41, 5.74) is 2.16. The van der Waals surface area contributed by atoms with Crippen LogP contribution >= 0.6 is 11.6 Å². The third kappa shape index (κ3) is 11.9. The number of phenolic OH excluding ortho intramolecular Hbond substituents is 1. The summed E-state index contributed by atoms with van der Waals surface area (Å²) in [4.78, 5) is 56.5. The largest absolute Gasteiger partial charge is 0.508 e. The summed E-state index contributed by atoms with van der Waals surface area (Å²) in [6.45, 7) is 4.36. The highest BCUT2D eigenvalue weighted by molar-refractivity contribution is 6.33. The molecule has 6 saturated heterocycles. The van der Waals surface area contributed by atoms with Crippen LogP contribution in [-0.2, 0) is 28.5 Å². The number of hydrogen-bond acceptors (Lipinski definition) is 19. The molecule has 10 heterocycles. The number of piperazine rings is 1. The number of benzene rings is 3. The molecule has 26 heteroatoms. The van der Waals surface area contributed by atoms with Crippen molar-refractivity contribution in [2.75, 3.05) is 99.7 Å². The minimum Gasteiger partial charge on any atom is -0.508 e. The molecule has 2 amide bonds. The maximum Gasteiger partial charge on any atom is 0.407 e. The number of phenols is 1. The maximum absolute atomic E-state index is 17.4. The maximum atomic E-state index is 17.4. The summed E-state index contributed by atoms with van der Waals surface area (Å²) >= 11 is 6.63. The first-order valence-electron chi connectivity index (χ1n) is 29.6. The number of alkyl carbamates (subject to hydrolysis) is 1. The summed E-state index contributed by atoms with van der Waals surface area (Å²) < 4.78 is 79.4. The van der Waals surface area contributed by atoms with E-state index in [4.69, 9.17) is 60.9 Å². The fourth-order valence-electron chi connectivity index (χ4n) is 13.5. The number of H-pyrrole nitrogens is 1. The monoisotopic (exact) mass is 1230 g/mol. The molecule has 7 aromatic rings. The van der Waals surface area contributed by atoms with Crippen LogP contribution in [-0.4, -0.2) is 216 Å². The standard InChI is InChI=1S/C62H66ClF2N11O12/c1-4-42-46(64)12-7-34-21-39(77)24-43(51(34)42)54-52(65)55-44(26-68-54)59(76(3)29-36-9-8-35-22-38(76)27-75(35)36)73-60(71-55)86-30-37-23-41(28-74(37)2)87-62(80)67-14-17-82-20-19-81-16-13-50(79)66-15-18-83-40-10-5-33(6-11-40)53-45(63)25-47-58(70-53)72-61(69-47)88-49-32-85-56-48(78)31-84-57(49)56/h1,5-7,10-12,21,24-26,35-38,41,48-49,56-57,78H,8-9,13-20,22-23,27-32H2,2-3H3,(H3-,66,67,69,70,72,77,79,80)/p+1/t35?,36?,37-,38?,41+,48+,49+,56+,57+,76?/m0/s1. The van der Waals surface area contributed by atoms with E-state index in [-0.39, 0.29) is 142 Å². The van der Waals surface area contributed by atoms with E-state index in [9.17, 15) is 19.8 Å². The molecular weight excluding hydrogens is 1160 g/mol. The van der Waals surface area contributed by atoms with Crippen molar-refractivity contribution in [3.63, 3.8) is 0 Å². The number of carbonyl (C=O) groups excluding carboxylic acids is 2. The van der Waals surface area contributed by atoms with Gasteiger partial charge in [0.05, 0.1) is 87.6 Å². The Morgan fingerprint density at radius 2 is 1.72 bits per heavy atom. The zero-order chi connectivity index (χ0) is 60.8. The highest BCUT2D eigenvalue weighted by atomic mass is 35.5. The Kier molecular flexibility index (Phi) is 16.9. The number of aromatic amines is 1. The SMILES string of the molecule is C#Cc1c(F)ccc2cc(O)cc(-c3ncc4c([N+]5(C)CC6CCC7CC5CN76)nc(OC[C@@H]5C[C@@H](OC(=O)NCCOCCOCCC(=O)NCCOc6ccc(-c7nc8nc(O[C@@H]9CO[C@H]%10[C@@H]9OC[C@H]%10O)[nH]c8cc7Cl)cc6)CN5C)nc4c3F)c12. The molecule has 4 aromatic heterocycles. The van der Waals surface area contributed by atoms with E-state index in [2.05, 4.69) is 53.4 Å². The smallest absolute Gasteiger partial charge is 0.407 e. The van der Waals surface area contributed by atoms with Crippen molar-refractivity contribution < 1.29 is 66.5 Å². The second-order valence-electron chi connectivity index (χ2n) is 23.4. The molecule has 5 N–H and O–H groups in total. The Hall–Kier alpha value is -7.64. The third-order valence-corrected chi connectivity index (χ3v) is 18.2. The zero-order valence-corrected chi connectivity index (χ0v) is 49.2. The van der Waals surface area contributed by atoms with E-state index in [1.54, 1.807) is 24.4 Å². The average molecular weight is 1230 g/mol. The van der Waals surface area contributed by atoms with Gasteiger partial charge in [0.25, 0.3) is 6.01 Å². The Morgan fingerprint density at radius 1 is 0.909 bits per heavy atom. The van der Waals surface area contributed by atoms with E-state index in [0.29, 0.717) is 73.8 Å². The quantitative estimate of drug-likeness (QED) is 0.0312. The number of likely N-dealkylation sites (N-methyl/N-ethyl adjacent to an activating group) is 2. The van der Waals surface area contributed by atoms with Gasteiger partial charge in [0.15, 0.2) is 17.6 Å². The van der Waals surface area contributed by atoms with Crippen LogP contribution in [0.1, 0.15) is 37.7 Å². The number of imidazole rings is 1. The van der Waals surface area contributed by atoms with Gasteiger partial charge in [0.1, 0.15) is 84.1 Å². The molecule has 0 spiro atoms. The number of fused-ring (bicyclic) bond motifs is 5. The Labute approximate surface area is 509 Å². The highest BCUT2D eigenvalue weighted by Gasteiger charge is 2.57. The second-order valence-corrected chi connectivity index (χ2v) is 23.8. The van der Waals surface area contributed by atoms with Crippen molar-refractivity contribution in [2.45, 2.75) is 86.8 Å². The van der Waals surface area contributed by atoms with Crippen molar-refractivity contribution in [3.8, 4) is 58.4 Å². The highest BCUT2D eigenvalue weighted by Crippen LogP contribution is 2.47. The summed E-state index contributed by atoms with van der Waals surface area (Å²) in [6, 6.07) is 15.5. The van der Waals surface area contributed by atoms with Crippen LogP contribution in [0.25, 0.3) is 55.4 Å². The number of hydrogen-bond donors (Lipinski definition) is 5. The van der Waals surface area contributed by atoms with E-state index in [0.717, 1.165) is 37.9 Å². The number of likely N-dealkylation sites (tertiary alicyclic amines) is 2. The summed E-state index contributed by atoms with van der Waals surface area (Å²) in [5, 5.41) is 27.9. The fourth-order valence-corrected chi connectivity index (χ4v) is 13.7. The molecule has 0 saturated carbocycles. The first-order valence-corrected chi connectivity index (χ1v) is 30.0. The number of aliphatic hydroxyl groups excluding tert-OH is 1. The number of nitrogens with zero attached hydrogens (tertiary/aromatic N) is 8. The van der Waals surface area contributed by atoms with Gasteiger partial charge < -0.3 is 63.7 Å². The third-order valence-electron chi connectivity index (χ3n) is 17.9. The number of aromatic nitrogens is 6. The van der Waals surface area contributed by atoms with Crippen molar-refractivity contribution in [2.24, 2.45) is 0 Å². The number of halogens is 3. The number of ether oxygens (including phenoxy) is 8. The first-order chi connectivity index (χ1) is 42.7. The van der Waals surface area contributed by atoms with Gasteiger partial charge in [0.2, 0.25) is 11.7 Å². The number of quaternary nitrogens is 1. The number of rotatable bonds is 22. The molecule has 2 bridgehead atoms. The average Bonchev–Trinajstić information content (AvgIpc) is 1.71. The number of aliphatic hydroxyl groups is 1. The number of nitrogens with one attached hydrogen (secondary N) is 3. The number of aromatic hydroxyl groups is 1. The summed E-state index contributed by atoms with van der Waals surface area (Å²) in [5.74, 6) is 1.80. The predicted octanol–water partition coefficient (Wildman–Crippen LogP) is 5.66. The number of amides is 2. The molecule has 462 valence electrons. The normalized spacial score (nSPS) is 25.6. The lowest BCUT2D eigenvalue weighted by atomic mass is 9.95. The molecule has 0 radical (unpaired) electrons. The Bertz CT molecular complexity index is 3820. The molecule has 88 heavy (non-hydrogen) atoms. The van der Waals surface area contributed by atoms with Gasteiger partial charge in [-0.3, -0.25) is 24.1 Å². The Balaban J connectivity index is 0.527. The van der Waals surface area contributed by atoms with Gasteiger partial charge in [-0.05, 0) is 73.8 Å². The molecule has 3 aromatic carbocycles. The van der Waals surface area contributed by atoms with Crippen LogP contribution in [0.2, 0.25) is 5.02 Å². The summed E-state index contributed by atoms with van der Waals surface area (Å²) in [7, 11) is 4.06. The minimum absolute atomic E-state index is 0.0165. The molecule has 6 aliphatic heterocycles. The topological polar surface area (TPSA) is 259 Å². The lowest BCUT2D eigenvalue weighted by molar-refractivity contribution is -0.122. The van der Waals surface area contributed by atoms with E-state index < -0.39 is 42.1 Å². The van der Waals surface area contributed by atoms with Crippen molar-refractivity contribution in [1.82, 2.24) is 54.8 Å². The number of pyridine rings is 2. The molecular formula is C62H67ClF2N11O12+. The predicted molar refractivity (Wildman–Crippen MR) is 318 cm³/mol. The van der Waals surface area contributed by atoms with Gasteiger partial charge in [-0.25, -0.2) is 18.6 Å². The molecule has 4 unspecified atom stereocenters. The van der Waals surface area contributed by atoms with Gasteiger partial charge in [-0.15, -0.1) is 11.4 Å². The van der Waals surface area contributed by atoms with Crippen LogP contribution in [0.5, 0.6) is 23.5 Å². The molecule has 23 nitrogen and oxygen atoms in total. The van der Waals surface area contributed by atoms with E-state index >= 15 is 8.78 Å². The van der Waals surface area contributed by atoms with Crippen molar-refractivity contribution in [3.05, 3.63) is 83.0 Å². The first kappa shape index (κ1) is 59.3. The van der Waals surface area contributed by atoms with E-state index in [1.807, 2.05) is 24.1 Å². The van der Waals surface area contributed by atoms with Gasteiger partial charge >= 0.3 is 12.1 Å². The lowest BCUT2D eigenvalue weighted by Gasteiger charge is -2.45. The Morgan fingerprint density at radius 3 is 2.56 bits per heavy atom. The van der Waals surface area contributed by atoms with Crippen LogP contribution in [0, 0.1) is 24.0 Å². The molecule has 6 aliphatic rings. The molecule has 6 fully saturated rings. The van der Waals surface area contributed by atoms with Crippen LogP contribution in [0.4, 0.5) is 19.4 Å². The van der Waals surface area contributed by atoms with Crippen LogP contribution in [0.15, 0.2) is 60.8 Å². The molecule has 13 rings (SSSR count). The van der Waals surface area contributed by atoms with Crippen LogP contribution in [0.3, 0.4) is 0 Å². The lowest BCUT2D eigenvalue weighted by Crippen LogP contribution is -2.64. The van der Waals surface area contributed by atoms with Gasteiger partial charge in [-0.1, -0.05) is 23.6 Å². The minimum atomic E-state index is -0.786. The number of carbonyl (C=O) groups is 2. The van der Waals surface area contributed by atoms with Crippen molar-refractivity contribution >= 4 is 62.3 Å². The van der Waals surface area contributed by atoms with Gasteiger partial charge in [-0.2, -0.15) is 9.97 Å². The fraction of sp³-hybridized carbons (Fsp3) is 0.468. The number of terminal acetylenes is 1. The van der Waals surface area contributed by atoms with Gasteiger partial charge in [0, 0.05) is 67.1 Å². The zero-order valence-electron chi connectivity index (χ0n) is 48.5.